The Morgan fingerprint density at radius 2 is 1.96 bits per heavy atom. The Hall–Kier alpha value is -0.900. The zero-order valence-corrected chi connectivity index (χ0v) is 12.5. The van der Waals surface area contributed by atoms with E-state index >= 15 is 0 Å². The SMILES string of the molecule is O=CN[C@H](CO)CO[C@@H]1O[C@H](CO)[C@H](O)[C@H](OS(=O)(=O)[O-])[C@H]1O. The standard InChI is InChI=1S/C10H19NO11S/c12-1-5(11-4-14)3-20-10-8(16)9(22-23(17,18)19)7(15)6(2-13)21-10/h4-10,12-13,15-16H,1-3H2,(H,11,14)(H,17,18,19)/p-1/t5-,6-,7+,8-,9+,10-/m1/s1. The number of carbonyl (C=O) groups is 1. The van der Waals surface area contributed by atoms with E-state index in [1.807, 2.05) is 0 Å². The lowest BCUT2D eigenvalue weighted by molar-refractivity contribution is -0.298. The first-order valence-corrected chi connectivity index (χ1v) is 7.75. The highest BCUT2D eigenvalue weighted by atomic mass is 32.3. The molecule has 1 aliphatic rings. The molecule has 1 saturated heterocycles. The summed E-state index contributed by atoms with van der Waals surface area (Å²) >= 11 is 0. The summed E-state index contributed by atoms with van der Waals surface area (Å²) in [4.78, 5) is 10.3. The number of carbonyl (C=O) groups excluding carboxylic acids is 1. The van der Waals surface area contributed by atoms with E-state index in [0.29, 0.717) is 6.41 Å². The molecule has 0 aromatic carbocycles. The monoisotopic (exact) mass is 360 g/mol. The van der Waals surface area contributed by atoms with Gasteiger partial charge in [0.05, 0.1) is 25.9 Å². The Balaban J connectivity index is 2.80. The van der Waals surface area contributed by atoms with Crippen molar-refractivity contribution >= 4 is 16.8 Å². The Morgan fingerprint density at radius 3 is 2.43 bits per heavy atom. The van der Waals surface area contributed by atoms with Crippen LogP contribution < -0.4 is 5.32 Å². The fourth-order valence-corrected chi connectivity index (χ4v) is 2.40. The number of nitrogens with one attached hydrogen (secondary N) is 1. The minimum absolute atomic E-state index is 0.304. The van der Waals surface area contributed by atoms with Crippen molar-refractivity contribution in [1.82, 2.24) is 5.32 Å². The summed E-state index contributed by atoms with van der Waals surface area (Å²) in [6, 6.07) is -0.842. The summed E-state index contributed by atoms with van der Waals surface area (Å²) in [7, 11) is -5.25. The van der Waals surface area contributed by atoms with Crippen LogP contribution in [0.25, 0.3) is 0 Å². The van der Waals surface area contributed by atoms with Crippen LogP contribution in [0.15, 0.2) is 0 Å². The number of aliphatic hydroxyl groups excluding tert-OH is 4. The molecule has 0 spiro atoms. The Labute approximate surface area is 131 Å². The van der Waals surface area contributed by atoms with Gasteiger partial charge in [0.1, 0.15) is 24.4 Å². The van der Waals surface area contributed by atoms with Crippen molar-refractivity contribution in [3.05, 3.63) is 0 Å². The smallest absolute Gasteiger partial charge is 0.218 e. The Bertz CT molecular complexity index is 471. The van der Waals surface area contributed by atoms with Crippen LogP contribution in [-0.2, 0) is 28.9 Å². The van der Waals surface area contributed by atoms with Gasteiger partial charge in [-0.1, -0.05) is 0 Å². The third-order valence-electron chi connectivity index (χ3n) is 3.04. The third kappa shape index (κ3) is 5.91. The second-order valence-corrected chi connectivity index (χ2v) is 5.68. The number of aliphatic hydroxyl groups is 4. The van der Waals surface area contributed by atoms with Gasteiger partial charge in [-0.15, -0.1) is 0 Å². The average molecular weight is 360 g/mol. The number of hydrogen-bond acceptors (Lipinski definition) is 11. The highest BCUT2D eigenvalue weighted by Gasteiger charge is 2.47. The van der Waals surface area contributed by atoms with Crippen molar-refractivity contribution in [2.75, 3.05) is 19.8 Å². The Morgan fingerprint density at radius 1 is 1.30 bits per heavy atom. The van der Waals surface area contributed by atoms with Gasteiger partial charge in [-0.25, -0.2) is 8.42 Å². The van der Waals surface area contributed by atoms with E-state index < -0.39 is 60.4 Å². The molecule has 1 heterocycles. The van der Waals surface area contributed by atoms with E-state index in [9.17, 15) is 28.0 Å². The first kappa shape index (κ1) is 20.1. The van der Waals surface area contributed by atoms with Gasteiger partial charge >= 0.3 is 0 Å². The molecule has 0 bridgehead atoms. The summed E-state index contributed by atoms with van der Waals surface area (Å²) in [6.07, 6.45) is -8.27. The fraction of sp³-hybridized carbons (Fsp3) is 0.900. The zero-order chi connectivity index (χ0) is 17.6. The zero-order valence-electron chi connectivity index (χ0n) is 11.7. The fourth-order valence-electron chi connectivity index (χ4n) is 1.90. The Kier molecular flexibility index (Phi) is 7.72. The molecule has 1 rings (SSSR count). The summed E-state index contributed by atoms with van der Waals surface area (Å²) in [5.74, 6) is 0. The van der Waals surface area contributed by atoms with Crippen LogP contribution in [0.5, 0.6) is 0 Å². The molecule has 5 N–H and O–H groups in total. The first-order valence-electron chi connectivity index (χ1n) is 6.42. The summed E-state index contributed by atoms with van der Waals surface area (Å²) in [5.41, 5.74) is 0. The highest BCUT2D eigenvalue weighted by molar-refractivity contribution is 7.80. The van der Waals surface area contributed by atoms with Gasteiger partial charge < -0.3 is 39.8 Å². The molecule has 0 aromatic heterocycles. The van der Waals surface area contributed by atoms with Crippen molar-refractivity contribution < 1.29 is 51.8 Å². The molecule has 12 nitrogen and oxygen atoms in total. The minimum atomic E-state index is -5.25. The van der Waals surface area contributed by atoms with Gasteiger partial charge in [-0.05, 0) is 0 Å². The van der Waals surface area contributed by atoms with Gasteiger partial charge in [0.15, 0.2) is 6.29 Å². The molecule has 1 aliphatic heterocycles. The van der Waals surface area contributed by atoms with Gasteiger partial charge in [-0.2, -0.15) is 0 Å². The molecule has 23 heavy (non-hydrogen) atoms. The maximum atomic E-state index is 10.7. The first-order chi connectivity index (χ1) is 10.7. The molecule has 0 aliphatic carbocycles. The molecule has 0 radical (unpaired) electrons. The highest BCUT2D eigenvalue weighted by Crippen LogP contribution is 2.25. The number of hydrogen-bond donors (Lipinski definition) is 5. The number of rotatable bonds is 9. The van der Waals surface area contributed by atoms with Crippen LogP contribution in [0.2, 0.25) is 0 Å². The van der Waals surface area contributed by atoms with Crippen molar-refractivity contribution in [2.24, 2.45) is 0 Å². The lowest BCUT2D eigenvalue weighted by Crippen LogP contribution is -2.61. The van der Waals surface area contributed by atoms with Gasteiger partial charge in [-0.3, -0.25) is 8.98 Å². The lowest BCUT2D eigenvalue weighted by Gasteiger charge is -2.41. The molecule has 6 atom stereocenters. The molecular formula is C10H18NO11S-. The molecule has 13 heteroatoms. The second kappa shape index (κ2) is 8.81. The van der Waals surface area contributed by atoms with Crippen LogP contribution in [0, 0.1) is 0 Å². The van der Waals surface area contributed by atoms with Crippen LogP contribution in [0.4, 0.5) is 0 Å². The van der Waals surface area contributed by atoms with E-state index in [2.05, 4.69) is 9.50 Å². The molecule has 0 aromatic rings. The molecule has 1 amide bonds. The van der Waals surface area contributed by atoms with Gasteiger partial charge in [0.25, 0.3) is 0 Å². The predicted molar refractivity (Wildman–Crippen MR) is 68.4 cm³/mol. The molecule has 0 saturated carbocycles. The molecular weight excluding hydrogens is 342 g/mol. The molecule has 1 fully saturated rings. The quantitative estimate of drug-likeness (QED) is 0.151. The van der Waals surface area contributed by atoms with Crippen molar-refractivity contribution in [3.63, 3.8) is 0 Å². The topological polar surface area (TPSA) is 195 Å². The second-order valence-electron chi connectivity index (χ2n) is 4.67. The van der Waals surface area contributed by atoms with Crippen molar-refractivity contribution in [1.29, 1.82) is 0 Å². The summed E-state index contributed by atoms with van der Waals surface area (Å²) < 4.78 is 46.2. The van der Waals surface area contributed by atoms with E-state index in [-0.39, 0.29) is 6.61 Å². The van der Waals surface area contributed by atoms with Gasteiger partial charge in [0, 0.05) is 0 Å². The van der Waals surface area contributed by atoms with Crippen LogP contribution in [0.1, 0.15) is 0 Å². The number of amides is 1. The third-order valence-corrected chi connectivity index (χ3v) is 3.49. The summed E-state index contributed by atoms with van der Waals surface area (Å²) in [6.45, 7) is -1.62. The van der Waals surface area contributed by atoms with Crippen molar-refractivity contribution in [2.45, 2.75) is 36.7 Å². The molecule has 0 unspecified atom stereocenters. The van der Waals surface area contributed by atoms with E-state index in [4.69, 9.17) is 19.7 Å². The largest absolute Gasteiger partial charge is 0.726 e. The predicted octanol–water partition coefficient (Wildman–Crippen LogP) is -4.61. The normalized spacial score (nSPS) is 33.2. The minimum Gasteiger partial charge on any atom is -0.726 e. The average Bonchev–Trinajstić information content (AvgIpc) is 2.48. The van der Waals surface area contributed by atoms with Crippen molar-refractivity contribution in [3.8, 4) is 0 Å². The van der Waals surface area contributed by atoms with Crippen LogP contribution in [-0.4, -0.2) is 96.4 Å². The lowest BCUT2D eigenvalue weighted by atomic mass is 9.99. The van der Waals surface area contributed by atoms with E-state index in [0.717, 1.165) is 0 Å². The number of ether oxygens (including phenoxy) is 2. The maximum Gasteiger partial charge on any atom is 0.218 e. The van der Waals surface area contributed by atoms with Gasteiger partial charge in [0.2, 0.25) is 16.8 Å². The maximum absolute atomic E-state index is 10.7. The summed E-state index contributed by atoms with van der Waals surface area (Å²) in [5, 5.41) is 39.9. The van der Waals surface area contributed by atoms with E-state index in [1.54, 1.807) is 0 Å². The molecule has 136 valence electrons. The van der Waals surface area contributed by atoms with E-state index in [1.165, 1.54) is 0 Å². The van der Waals surface area contributed by atoms with Crippen LogP contribution in [0.3, 0.4) is 0 Å². The van der Waals surface area contributed by atoms with Crippen LogP contribution >= 0.6 is 0 Å².